The van der Waals surface area contributed by atoms with E-state index < -0.39 is 12.1 Å². The molecule has 2 atom stereocenters. The summed E-state index contributed by atoms with van der Waals surface area (Å²) in [5, 5.41) is 9.41. The zero-order valence-corrected chi connectivity index (χ0v) is 18.8. The summed E-state index contributed by atoms with van der Waals surface area (Å²) < 4.78 is 38.2. The number of carboxylic acids is 1. The molecule has 0 radical (unpaired) electrons. The van der Waals surface area contributed by atoms with Crippen molar-refractivity contribution in [3.05, 3.63) is 48.0 Å². The summed E-state index contributed by atoms with van der Waals surface area (Å²) in [6.07, 6.45) is -0.460. The summed E-state index contributed by atoms with van der Waals surface area (Å²) in [6, 6.07) is 14.2. The topological polar surface area (TPSA) is 70.1 Å². The van der Waals surface area contributed by atoms with E-state index in [1.54, 1.807) is 0 Å². The Kier molecular flexibility index (Phi) is 7.64. The number of alkyl halides is 3. The molecule has 1 N–H and O–H groups in total. The van der Waals surface area contributed by atoms with E-state index in [1.165, 1.54) is 11.8 Å². The first-order chi connectivity index (χ1) is 15.5. The van der Waals surface area contributed by atoms with Crippen molar-refractivity contribution in [2.75, 3.05) is 33.7 Å². The van der Waals surface area contributed by atoms with Crippen molar-refractivity contribution in [1.82, 2.24) is 9.80 Å². The van der Waals surface area contributed by atoms with Crippen LogP contribution < -0.4 is 0 Å². The largest absolute Gasteiger partial charge is 0.490 e. The summed E-state index contributed by atoms with van der Waals surface area (Å²) >= 11 is 0. The molecule has 9 heteroatoms. The molecular formula is C24H29F3N2O4. The molecule has 0 aliphatic carbocycles. The number of hydrogen-bond donors (Lipinski definition) is 1. The molecule has 6 nitrogen and oxygen atoms in total. The molecule has 33 heavy (non-hydrogen) atoms. The number of fused-ring (bicyclic) bond motifs is 1. The molecule has 2 aromatic rings. The Balaban J connectivity index is 0.000000383. The van der Waals surface area contributed by atoms with Gasteiger partial charge in [-0.05, 0) is 62.7 Å². The van der Waals surface area contributed by atoms with Crippen LogP contribution in [0.1, 0.15) is 36.0 Å². The fourth-order valence-electron chi connectivity index (χ4n) is 4.48. The Bertz CT molecular complexity index is 995. The van der Waals surface area contributed by atoms with E-state index in [4.69, 9.17) is 14.6 Å². The Morgan fingerprint density at radius 1 is 1.15 bits per heavy atom. The summed E-state index contributed by atoms with van der Waals surface area (Å²) in [5.41, 5.74) is 0.646. The molecule has 0 unspecified atom stereocenters. The molecule has 2 aliphatic heterocycles. The molecule has 0 saturated carbocycles. The van der Waals surface area contributed by atoms with Crippen molar-refractivity contribution >= 4 is 22.6 Å². The molecule has 0 bridgehead atoms. The SMILES string of the molecule is CN(C)C[C@H]1CCC[C@]2(CCN(C(=O)c3ccc4ccccc4c3)C2)O1.O=C(O)C(F)(F)F. The minimum absolute atomic E-state index is 0.131. The van der Waals surface area contributed by atoms with Crippen molar-refractivity contribution in [1.29, 1.82) is 0 Å². The Morgan fingerprint density at radius 2 is 1.82 bits per heavy atom. The van der Waals surface area contributed by atoms with Gasteiger partial charge in [0.25, 0.3) is 5.91 Å². The maximum absolute atomic E-state index is 13.0. The van der Waals surface area contributed by atoms with Gasteiger partial charge in [-0.25, -0.2) is 4.79 Å². The zero-order chi connectivity index (χ0) is 24.2. The van der Waals surface area contributed by atoms with E-state index >= 15 is 0 Å². The van der Waals surface area contributed by atoms with Crippen LogP contribution in [-0.2, 0) is 9.53 Å². The number of benzene rings is 2. The first kappa shape index (κ1) is 25.0. The van der Waals surface area contributed by atoms with E-state index in [9.17, 15) is 18.0 Å². The quantitative estimate of drug-likeness (QED) is 0.735. The van der Waals surface area contributed by atoms with Crippen LogP contribution in [0.2, 0.25) is 0 Å². The lowest BCUT2D eigenvalue weighted by atomic mass is 9.90. The lowest BCUT2D eigenvalue weighted by Crippen LogP contribution is -2.46. The highest BCUT2D eigenvalue weighted by Gasteiger charge is 2.44. The monoisotopic (exact) mass is 466 g/mol. The van der Waals surface area contributed by atoms with Crippen LogP contribution >= 0.6 is 0 Å². The molecular weight excluding hydrogens is 437 g/mol. The number of halogens is 3. The Morgan fingerprint density at radius 3 is 2.45 bits per heavy atom. The molecule has 4 rings (SSSR count). The van der Waals surface area contributed by atoms with Gasteiger partial charge in [-0.2, -0.15) is 13.2 Å². The van der Waals surface area contributed by atoms with Crippen LogP contribution in [0, 0.1) is 0 Å². The lowest BCUT2D eigenvalue weighted by Gasteiger charge is -2.39. The number of likely N-dealkylation sites (N-methyl/N-ethyl adjacent to an activating group) is 1. The predicted octanol–water partition coefficient (Wildman–Crippen LogP) is 4.19. The molecule has 2 aromatic carbocycles. The number of carbonyl (C=O) groups is 2. The standard InChI is InChI=1S/C22H28N2O2.C2HF3O2/c1-23(2)15-20-8-5-11-22(26-20)12-13-24(16-22)21(25)19-10-9-17-6-3-4-7-18(17)14-19;3-2(4,5)1(6)7/h3-4,6-7,9-10,14,20H,5,8,11-13,15-16H2,1-2H3;(H,6,7)/t20-,22-;/m1./s1. The third-order valence-electron chi connectivity index (χ3n) is 5.99. The minimum atomic E-state index is -5.08. The summed E-state index contributed by atoms with van der Waals surface area (Å²) in [6.45, 7) is 2.48. The highest BCUT2D eigenvalue weighted by atomic mass is 19.4. The maximum atomic E-state index is 13.0. The van der Waals surface area contributed by atoms with Gasteiger partial charge in [0.1, 0.15) is 0 Å². The van der Waals surface area contributed by atoms with Crippen LogP contribution in [0.5, 0.6) is 0 Å². The number of hydrogen-bond acceptors (Lipinski definition) is 4. The number of carbonyl (C=O) groups excluding carboxylic acids is 1. The summed E-state index contributed by atoms with van der Waals surface area (Å²) in [7, 11) is 4.18. The minimum Gasteiger partial charge on any atom is -0.475 e. The van der Waals surface area contributed by atoms with E-state index in [1.807, 2.05) is 35.2 Å². The molecule has 2 aliphatic rings. The van der Waals surface area contributed by atoms with Gasteiger partial charge in [0, 0.05) is 18.7 Å². The molecule has 2 fully saturated rings. The van der Waals surface area contributed by atoms with Crippen LogP contribution in [0.4, 0.5) is 13.2 Å². The molecule has 2 heterocycles. The Labute approximate surface area is 190 Å². The van der Waals surface area contributed by atoms with Crippen LogP contribution in [0.3, 0.4) is 0 Å². The molecule has 1 amide bonds. The number of amides is 1. The van der Waals surface area contributed by atoms with Gasteiger partial charge in [-0.15, -0.1) is 0 Å². The molecule has 1 spiro atoms. The normalized spacial score (nSPS) is 23.0. The Hall–Kier alpha value is -2.65. The molecule has 0 aromatic heterocycles. The third-order valence-corrected chi connectivity index (χ3v) is 5.99. The van der Waals surface area contributed by atoms with Crippen molar-refractivity contribution in [2.24, 2.45) is 0 Å². The van der Waals surface area contributed by atoms with Crippen molar-refractivity contribution in [3.63, 3.8) is 0 Å². The number of rotatable bonds is 3. The van der Waals surface area contributed by atoms with E-state index in [2.05, 4.69) is 31.1 Å². The van der Waals surface area contributed by atoms with E-state index in [0.29, 0.717) is 0 Å². The van der Waals surface area contributed by atoms with Gasteiger partial charge in [0.15, 0.2) is 0 Å². The third kappa shape index (κ3) is 6.45. The van der Waals surface area contributed by atoms with Gasteiger partial charge in [0.05, 0.1) is 18.2 Å². The fraction of sp³-hybridized carbons (Fsp3) is 0.500. The molecule has 180 valence electrons. The predicted molar refractivity (Wildman–Crippen MR) is 118 cm³/mol. The average Bonchev–Trinajstić information content (AvgIpc) is 3.15. The maximum Gasteiger partial charge on any atom is 0.490 e. The number of ether oxygens (including phenoxy) is 1. The smallest absolute Gasteiger partial charge is 0.475 e. The average molecular weight is 467 g/mol. The van der Waals surface area contributed by atoms with Gasteiger partial charge in [-0.3, -0.25) is 4.79 Å². The van der Waals surface area contributed by atoms with Gasteiger partial charge >= 0.3 is 12.1 Å². The van der Waals surface area contributed by atoms with Gasteiger partial charge < -0.3 is 19.6 Å². The second-order valence-electron chi connectivity index (χ2n) is 8.92. The highest BCUT2D eigenvalue weighted by Crippen LogP contribution is 2.37. The first-order valence-electron chi connectivity index (χ1n) is 10.9. The number of aliphatic carboxylic acids is 1. The lowest BCUT2D eigenvalue weighted by molar-refractivity contribution is -0.192. The summed E-state index contributed by atoms with van der Waals surface area (Å²) in [5.74, 6) is -2.63. The van der Waals surface area contributed by atoms with E-state index in [-0.39, 0.29) is 17.6 Å². The van der Waals surface area contributed by atoms with Gasteiger partial charge in [-0.1, -0.05) is 30.3 Å². The number of likely N-dealkylation sites (tertiary alicyclic amines) is 1. The van der Waals surface area contributed by atoms with Crippen LogP contribution in [0.25, 0.3) is 10.8 Å². The van der Waals surface area contributed by atoms with Crippen molar-refractivity contribution < 1.29 is 32.6 Å². The molecule has 2 saturated heterocycles. The van der Waals surface area contributed by atoms with E-state index in [0.717, 1.165) is 49.8 Å². The number of carboxylic acid groups (broad SMARTS) is 1. The highest BCUT2D eigenvalue weighted by molar-refractivity contribution is 5.98. The summed E-state index contributed by atoms with van der Waals surface area (Å²) in [4.78, 5) is 26.1. The second kappa shape index (κ2) is 10.1. The first-order valence-corrected chi connectivity index (χ1v) is 10.9. The van der Waals surface area contributed by atoms with Crippen molar-refractivity contribution in [2.45, 2.75) is 43.6 Å². The second-order valence-corrected chi connectivity index (χ2v) is 8.92. The number of nitrogens with zero attached hydrogens (tertiary/aromatic N) is 2. The van der Waals surface area contributed by atoms with Crippen LogP contribution in [-0.4, -0.2) is 78.4 Å². The van der Waals surface area contributed by atoms with Gasteiger partial charge in [0.2, 0.25) is 0 Å². The van der Waals surface area contributed by atoms with Crippen LogP contribution in [0.15, 0.2) is 42.5 Å². The fourth-order valence-corrected chi connectivity index (χ4v) is 4.48. The zero-order valence-electron chi connectivity index (χ0n) is 18.8. The van der Waals surface area contributed by atoms with Crippen molar-refractivity contribution in [3.8, 4) is 0 Å².